The predicted molar refractivity (Wildman–Crippen MR) is 103 cm³/mol. The number of benzene rings is 2. The molecule has 0 aromatic heterocycles. The molecule has 1 fully saturated rings. The first-order valence-electron chi connectivity index (χ1n) is 9.83. The zero-order chi connectivity index (χ0) is 17.2. The van der Waals surface area contributed by atoms with Crippen LogP contribution in [0.1, 0.15) is 56.2 Å². The number of ketones is 1. The van der Waals surface area contributed by atoms with E-state index in [4.69, 9.17) is 0 Å². The second kappa shape index (κ2) is 5.30. The lowest BCUT2D eigenvalue weighted by atomic mass is 9.61. The van der Waals surface area contributed by atoms with Crippen LogP contribution in [0.25, 0.3) is 10.8 Å². The van der Waals surface area contributed by atoms with Crippen LogP contribution in [0.5, 0.6) is 0 Å². The molecular weight excluding hydrogens is 304 g/mol. The van der Waals surface area contributed by atoms with Crippen molar-refractivity contribution >= 4 is 16.6 Å². The van der Waals surface area contributed by atoms with Gasteiger partial charge in [-0.3, -0.25) is 4.79 Å². The van der Waals surface area contributed by atoms with E-state index in [2.05, 4.69) is 50.3 Å². The highest BCUT2D eigenvalue weighted by Gasteiger charge is 2.55. The molecule has 2 bridgehead atoms. The zero-order valence-corrected chi connectivity index (χ0v) is 15.3. The van der Waals surface area contributed by atoms with Gasteiger partial charge in [-0.1, -0.05) is 49.8 Å². The zero-order valence-electron chi connectivity index (χ0n) is 15.3. The Hall–Kier alpha value is -1.89. The Labute approximate surface area is 150 Å². The molecule has 2 aromatic carbocycles. The van der Waals surface area contributed by atoms with Gasteiger partial charge in [0.2, 0.25) is 0 Å². The molecule has 128 valence electrons. The molecule has 0 amide bonds. The Balaban J connectivity index is 1.69. The second-order valence-electron chi connectivity index (χ2n) is 8.86. The standard InChI is InChI=1S/C24H26O/c1-15(2)9-16-3-5-18-12-19-6-8-23(25)24(22(19)13-20(18)10-16)14-17-4-7-21(24)11-17/h3-5,10,12-13,15,21H,6-9,11,14H2,1-2H3. The van der Waals surface area contributed by atoms with Gasteiger partial charge < -0.3 is 0 Å². The van der Waals surface area contributed by atoms with E-state index in [0.29, 0.717) is 17.6 Å². The topological polar surface area (TPSA) is 17.1 Å². The van der Waals surface area contributed by atoms with Gasteiger partial charge in [-0.25, -0.2) is 0 Å². The molecule has 0 aliphatic heterocycles. The number of rotatable bonds is 2. The fourth-order valence-electron chi connectivity index (χ4n) is 5.69. The molecule has 5 rings (SSSR count). The average molecular weight is 330 g/mol. The van der Waals surface area contributed by atoms with Gasteiger partial charge >= 0.3 is 0 Å². The summed E-state index contributed by atoms with van der Waals surface area (Å²) in [5.74, 6) is 1.69. The van der Waals surface area contributed by atoms with Crippen LogP contribution in [0, 0.1) is 11.8 Å². The fourth-order valence-corrected chi connectivity index (χ4v) is 5.69. The number of carbonyl (C=O) groups is 1. The summed E-state index contributed by atoms with van der Waals surface area (Å²) >= 11 is 0. The maximum atomic E-state index is 13.1. The molecule has 1 nitrogen and oxygen atoms in total. The SMILES string of the molecule is CC(C)Cc1ccc2cc3c(cc2c1)C1(CC2=CCC1C2)C(=O)CC3. The summed E-state index contributed by atoms with van der Waals surface area (Å²) in [6.45, 7) is 4.54. The minimum atomic E-state index is -0.195. The lowest BCUT2D eigenvalue weighted by Crippen LogP contribution is -2.43. The largest absolute Gasteiger partial charge is 0.299 e. The summed E-state index contributed by atoms with van der Waals surface area (Å²) in [4.78, 5) is 13.1. The average Bonchev–Trinajstić information content (AvgIpc) is 3.19. The Bertz CT molecular complexity index is 917. The van der Waals surface area contributed by atoms with Crippen LogP contribution in [-0.2, 0) is 23.1 Å². The van der Waals surface area contributed by atoms with Crippen molar-refractivity contribution in [2.24, 2.45) is 11.8 Å². The van der Waals surface area contributed by atoms with Crippen LogP contribution >= 0.6 is 0 Å². The van der Waals surface area contributed by atoms with E-state index >= 15 is 0 Å². The number of carbonyl (C=O) groups excluding carboxylic acids is 1. The van der Waals surface area contributed by atoms with Gasteiger partial charge in [0.15, 0.2) is 0 Å². The molecule has 0 heterocycles. The Kier molecular flexibility index (Phi) is 3.26. The summed E-state index contributed by atoms with van der Waals surface area (Å²) in [5, 5.41) is 2.65. The number of allylic oxidation sites excluding steroid dienone is 2. The van der Waals surface area contributed by atoms with Crippen molar-refractivity contribution in [3.8, 4) is 0 Å². The molecule has 0 radical (unpaired) electrons. The molecule has 0 saturated heterocycles. The lowest BCUT2D eigenvalue weighted by Gasteiger charge is -2.40. The summed E-state index contributed by atoms with van der Waals surface area (Å²) in [5.41, 5.74) is 5.54. The monoisotopic (exact) mass is 330 g/mol. The fraction of sp³-hybridized carbons (Fsp3) is 0.458. The molecule has 25 heavy (non-hydrogen) atoms. The summed E-state index contributed by atoms with van der Waals surface area (Å²) in [6, 6.07) is 11.7. The number of Topliss-reactive ketones (excluding diaryl/α,β-unsaturated/α-hetero) is 1. The smallest absolute Gasteiger partial charge is 0.144 e. The first-order valence-corrected chi connectivity index (χ1v) is 9.83. The highest BCUT2D eigenvalue weighted by Crippen LogP contribution is 2.57. The normalized spacial score (nSPS) is 27.4. The van der Waals surface area contributed by atoms with E-state index in [1.165, 1.54) is 33.0 Å². The second-order valence-corrected chi connectivity index (χ2v) is 8.86. The maximum absolute atomic E-state index is 13.1. The molecule has 1 heteroatoms. The van der Waals surface area contributed by atoms with Crippen molar-refractivity contribution < 1.29 is 4.79 Å². The van der Waals surface area contributed by atoms with Gasteiger partial charge in [0.1, 0.15) is 5.78 Å². The summed E-state index contributed by atoms with van der Waals surface area (Å²) in [6.07, 6.45) is 8.40. The minimum Gasteiger partial charge on any atom is -0.299 e. The highest BCUT2D eigenvalue weighted by molar-refractivity contribution is 5.96. The third-order valence-electron chi connectivity index (χ3n) is 6.77. The van der Waals surface area contributed by atoms with Crippen LogP contribution in [0.3, 0.4) is 0 Å². The van der Waals surface area contributed by atoms with E-state index in [0.717, 1.165) is 38.5 Å². The van der Waals surface area contributed by atoms with E-state index in [-0.39, 0.29) is 5.41 Å². The third kappa shape index (κ3) is 2.18. The van der Waals surface area contributed by atoms with Crippen LogP contribution in [0.2, 0.25) is 0 Å². The van der Waals surface area contributed by atoms with Crippen molar-refractivity contribution in [3.63, 3.8) is 0 Å². The van der Waals surface area contributed by atoms with Crippen molar-refractivity contribution in [1.29, 1.82) is 0 Å². The number of hydrogen-bond donors (Lipinski definition) is 0. The number of hydrogen-bond acceptors (Lipinski definition) is 1. The molecule has 1 saturated carbocycles. The maximum Gasteiger partial charge on any atom is 0.144 e. The van der Waals surface area contributed by atoms with Gasteiger partial charge in [-0.2, -0.15) is 0 Å². The van der Waals surface area contributed by atoms with E-state index in [1.807, 2.05) is 0 Å². The van der Waals surface area contributed by atoms with Crippen LogP contribution in [0.4, 0.5) is 0 Å². The summed E-state index contributed by atoms with van der Waals surface area (Å²) < 4.78 is 0. The van der Waals surface area contributed by atoms with Crippen molar-refractivity contribution in [2.75, 3.05) is 0 Å². The van der Waals surface area contributed by atoms with Gasteiger partial charge in [0.05, 0.1) is 5.41 Å². The van der Waals surface area contributed by atoms with Gasteiger partial charge in [-0.15, -0.1) is 0 Å². The van der Waals surface area contributed by atoms with E-state index < -0.39 is 0 Å². The van der Waals surface area contributed by atoms with Crippen LogP contribution < -0.4 is 0 Å². The molecular formula is C24H26O. The molecule has 3 aliphatic rings. The molecule has 0 N–H and O–H groups in total. The van der Waals surface area contributed by atoms with Crippen molar-refractivity contribution in [3.05, 3.63) is 58.7 Å². The Morgan fingerprint density at radius 3 is 2.72 bits per heavy atom. The highest BCUT2D eigenvalue weighted by atomic mass is 16.1. The van der Waals surface area contributed by atoms with E-state index in [9.17, 15) is 4.79 Å². The molecule has 2 unspecified atom stereocenters. The van der Waals surface area contributed by atoms with Gasteiger partial charge in [0.25, 0.3) is 0 Å². The molecule has 2 aromatic rings. The van der Waals surface area contributed by atoms with Crippen LogP contribution in [0.15, 0.2) is 42.0 Å². The van der Waals surface area contributed by atoms with Gasteiger partial charge in [0, 0.05) is 6.42 Å². The summed E-state index contributed by atoms with van der Waals surface area (Å²) in [7, 11) is 0. The molecule has 2 atom stereocenters. The Morgan fingerprint density at radius 2 is 2.00 bits per heavy atom. The van der Waals surface area contributed by atoms with Crippen LogP contribution in [-0.4, -0.2) is 5.78 Å². The minimum absolute atomic E-state index is 0.195. The van der Waals surface area contributed by atoms with E-state index in [1.54, 1.807) is 0 Å². The van der Waals surface area contributed by atoms with Gasteiger partial charge in [-0.05, 0) is 77.5 Å². The lowest BCUT2D eigenvalue weighted by molar-refractivity contribution is -0.126. The predicted octanol–water partition coefficient (Wildman–Crippen LogP) is 5.53. The van der Waals surface area contributed by atoms with Crippen molar-refractivity contribution in [1.82, 2.24) is 0 Å². The molecule has 3 aliphatic carbocycles. The Morgan fingerprint density at radius 1 is 1.12 bits per heavy atom. The third-order valence-corrected chi connectivity index (χ3v) is 6.77. The first kappa shape index (κ1) is 15.4. The number of fused-ring (bicyclic) bond motifs is 6. The quantitative estimate of drug-likeness (QED) is 0.662. The van der Waals surface area contributed by atoms with Crippen molar-refractivity contribution in [2.45, 2.75) is 57.8 Å². The first-order chi connectivity index (χ1) is 12.1. The number of aryl methyl sites for hydroxylation is 1. The molecule has 1 spiro atoms.